The van der Waals surface area contributed by atoms with Crippen LogP contribution in [0.2, 0.25) is 0 Å². The van der Waals surface area contributed by atoms with E-state index in [1.54, 1.807) is 0 Å². The molecule has 0 saturated carbocycles. The van der Waals surface area contributed by atoms with E-state index in [0.717, 1.165) is 11.2 Å². The Morgan fingerprint density at radius 1 is 1.78 bits per heavy atom. The van der Waals surface area contributed by atoms with Gasteiger partial charge in [0, 0.05) is 5.75 Å². The second-order valence-electron chi connectivity index (χ2n) is 3.33. The molecule has 0 aromatic rings. The van der Waals surface area contributed by atoms with E-state index in [0.29, 0.717) is 12.3 Å². The SMILES string of the molecule is N#CCC(SCCO)C(=O)/C=N/N1CCOC1=O. The van der Waals surface area contributed by atoms with E-state index in [4.69, 9.17) is 10.4 Å². The topological polar surface area (TPSA) is 103 Å². The fourth-order valence-electron chi connectivity index (χ4n) is 1.22. The zero-order valence-corrected chi connectivity index (χ0v) is 10.4. The summed E-state index contributed by atoms with van der Waals surface area (Å²) < 4.78 is 4.64. The van der Waals surface area contributed by atoms with Crippen LogP contribution in [0.4, 0.5) is 4.79 Å². The number of carbonyl (C=O) groups excluding carboxylic acids is 2. The quantitative estimate of drug-likeness (QED) is 0.654. The Morgan fingerprint density at radius 3 is 3.11 bits per heavy atom. The van der Waals surface area contributed by atoms with Crippen LogP contribution in [0.15, 0.2) is 5.10 Å². The van der Waals surface area contributed by atoms with Gasteiger partial charge in [-0.2, -0.15) is 15.4 Å². The lowest BCUT2D eigenvalue weighted by Crippen LogP contribution is -2.23. The second kappa shape index (κ2) is 7.68. The van der Waals surface area contributed by atoms with Crippen molar-refractivity contribution in [3.8, 4) is 6.07 Å². The van der Waals surface area contributed by atoms with E-state index < -0.39 is 11.3 Å². The largest absolute Gasteiger partial charge is 0.446 e. The summed E-state index contributed by atoms with van der Waals surface area (Å²) in [4.78, 5) is 22.8. The van der Waals surface area contributed by atoms with Crippen LogP contribution >= 0.6 is 11.8 Å². The average molecular weight is 271 g/mol. The number of carbonyl (C=O) groups is 2. The number of cyclic esters (lactones) is 1. The molecule has 0 radical (unpaired) electrons. The highest BCUT2D eigenvalue weighted by Crippen LogP contribution is 2.14. The Balaban J connectivity index is 2.52. The number of aliphatic hydroxyl groups excluding tert-OH is 1. The number of hydrazone groups is 1. The minimum Gasteiger partial charge on any atom is -0.446 e. The van der Waals surface area contributed by atoms with Crippen molar-refractivity contribution >= 4 is 29.9 Å². The van der Waals surface area contributed by atoms with Gasteiger partial charge >= 0.3 is 6.09 Å². The first-order valence-corrected chi connectivity index (χ1v) is 6.35. The van der Waals surface area contributed by atoms with Crippen molar-refractivity contribution < 1.29 is 19.4 Å². The molecule has 1 rings (SSSR count). The summed E-state index contributed by atoms with van der Waals surface area (Å²) in [7, 11) is 0. The van der Waals surface area contributed by atoms with E-state index in [2.05, 4.69) is 9.84 Å². The molecule has 0 aliphatic carbocycles. The molecule has 1 aliphatic heterocycles. The van der Waals surface area contributed by atoms with Crippen molar-refractivity contribution in [1.82, 2.24) is 5.01 Å². The third-order valence-corrected chi connectivity index (χ3v) is 3.29. The van der Waals surface area contributed by atoms with E-state index in [1.807, 2.05) is 6.07 Å². The Kier molecular flexibility index (Phi) is 6.18. The van der Waals surface area contributed by atoms with Crippen molar-refractivity contribution in [1.29, 1.82) is 5.26 Å². The molecular weight excluding hydrogens is 258 g/mol. The van der Waals surface area contributed by atoms with Gasteiger partial charge in [0.15, 0.2) is 5.78 Å². The zero-order chi connectivity index (χ0) is 13.4. The fraction of sp³-hybridized carbons (Fsp3) is 0.600. The van der Waals surface area contributed by atoms with Crippen molar-refractivity contribution in [3.63, 3.8) is 0 Å². The number of ketones is 1. The van der Waals surface area contributed by atoms with Gasteiger partial charge < -0.3 is 9.84 Å². The number of aliphatic hydroxyl groups is 1. The summed E-state index contributed by atoms with van der Waals surface area (Å²) in [6, 6.07) is 1.90. The monoisotopic (exact) mass is 271 g/mol. The van der Waals surface area contributed by atoms with Gasteiger partial charge in [-0.15, -0.1) is 11.8 Å². The van der Waals surface area contributed by atoms with E-state index in [1.165, 1.54) is 11.8 Å². The lowest BCUT2D eigenvalue weighted by atomic mass is 10.2. The average Bonchev–Trinajstić information content (AvgIpc) is 2.77. The van der Waals surface area contributed by atoms with E-state index >= 15 is 0 Å². The van der Waals surface area contributed by atoms with Crippen LogP contribution in [0, 0.1) is 11.3 Å². The maximum atomic E-state index is 11.7. The summed E-state index contributed by atoms with van der Waals surface area (Å²) in [6.07, 6.45) is 0.484. The van der Waals surface area contributed by atoms with Gasteiger partial charge in [0.25, 0.3) is 0 Å². The fourth-order valence-corrected chi connectivity index (χ4v) is 2.03. The minimum atomic E-state index is -0.584. The first-order valence-electron chi connectivity index (χ1n) is 5.30. The molecule has 1 heterocycles. The molecule has 0 spiro atoms. The molecular formula is C10H13N3O4S. The van der Waals surface area contributed by atoms with Gasteiger partial charge in [0.2, 0.25) is 0 Å². The van der Waals surface area contributed by atoms with Crippen LogP contribution in [0.25, 0.3) is 0 Å². The molecule has 0 aromatic carbocycles. The number of nitriles is 1. The minimum absolute atomic E-state index is 0.0416. The number of Topliss-reactive ketones (excluding diaryl/α,β-unsaturated/α-hetero) is 1. The molecule has 7 nitrogen and oxygen atoms in total. The van der Waals surface area contributed by atoms with Crippen LogP contribution in [-0.4, -0.2) is 59.0 Å². The highest BCUT2D eigenvalue weighted by Gasteiger charge is 2.22. The Morgan fingerprint density at radius 2 is 2.56 bits per heavy atom. The van der Waals surface area contributed by atoms with Gasteiger partial charge in [0.1, 0.15) is 6.61 Å². The van der Waals surface area contributed by atoms with Gasteiger partial charge in [-0.1, -0.05) is 0 Å². The summed E-state index contributed by atoms with van der Waals surface area (Å²) in [5.41, 5.74) is 0. The molecule has 18 heavy (non-hydrogen) atoms. The Bertz CT molecular complexity index is 380. The molecule has 1 unspecified atom stereocenters. The molecule has 8 heteroatoms. The molecule has 1 N–H and O–H groups in total. The normalized spacial score (nSPS) is 16.7. The molecule has 1 amide bonds. The lowest BCUT2D eigenvalue weighted by Gasteiger charge is -2.09. The molecule has 1 atom stereocenters. The number of rotatable bonds is 7. The zero-order valence-electron chi connectivity index (χ0n) is 9.61. The van der Waals surface area contributed by atoms with Gasteiger partial charge in [0.05, 0.1) is 37.1 Å². The molecule has 98 valence electrons. The highest BCUT2D eigenvalue weighted by molar-refractivity contribution is 8.00. The molecule has 0 aromatic heterocycles. The number of amides is 1. The maximum Gasteiger partial charge on any atom is 0.430 e. The Labute approximate surface area is 108 Å². The maximum absolute atomic E-state index is 11.7. The predicted molar refractivity (Wildman–Crippen MR) is 65.1 cm³/mol. The van der Waals surface area contributed by atoms with Crippen LogP contribution < -0.4 is 0 Å². The van der Waals surface area contributed by atoms with Gasteiger partial charge in [-0.3, -0.25) is 4.79 Å². The second-order valence-corrected chi connectivity index (χ2v) is 4.64. The van der Waals surface area contributed by atoms with Crippen molar-refractivity contribution in [2.75, 3.05) is 25.5 Å². The van der Waals surface area contributed by atoms with Crippen LogP contribution in [0.3, 0.4) is 0 Å². The summed E-state index contributed by atoms with van der Waals surface area (Å²) in [6.45, 7) is 0.510. The summed E-state index contributed by atoms with van der Waals surface area (Å²) >= 11 is 1.19. The van der Waals surface area contributed by atoms with Crippen molar-refractivity contribution in [2.24, 2.45) is 5.10 Å². The molecule has 1 saturated heterocycles. The van der Waals surface area contributed by atoms with Crippen LogP contribution in [-0.2, 0) is 9.53 Å². The van der Waals surface area contributed by atoms with Gasteiger partial charge in [-0.25, -0.2) is 4.79 Å². The number of ether oxygens (including phenoxy) is 1. The highest BCUT2D eigenvalue weighted by atomic mass is 32.2. The lowest BCUT2D eigenvalue weighted by molar-refractivity contribution is -0.112. The van der Waals surface area contributed by atoms with Gasteiger partial charge in [-0.05, 0) is 0 Å². The first-order chi connectivity index (χ1) is 8.69. The van der Waals surface area contributed by atoms with Crippen molar-refractivity contribution in [2.45, 2.75) is 11.7 Å². The number of nitrogens with zero attached hydrogens (tertiary/aromatic N) is 3. The first kappa shape index (κ1) is 14.5. The summed E-state index contributed by atoms with van der Waals surface area (Å²) in [5, 5.41) is 21.5. The smallest absolute Gasteiger partial charge is 0.430 e. The standard InChI is InChI=1S/C10H13N3O4S/c11-2-1-9(18-6-4-14)8(15)7-12-13-3-5-17-10(13)16/h7,9,14H,1,3-6H2/b12-7+. The van der Waals surface area contributed by atoms with E-state index in [-0.39, 0.29) is 25.4 Å². The number of thioether (sulfide) groups is 1. The third-order valence-electron chi connectivity index (χ3n) is 2.07. The molecule has 1 fully saturated rings. The number of hydrogen-bond acceptors (Lipinski definition) is 7. The molecule has 1 aliphatic rings. The van der Waals surface area contributed by atoms with Crippen LogP contribution in [0.5, 0.6) is 0 Å². The summed E-state index contributed by atoms with van der Waals surface area (Å²) in [5.74, 6) is 0.0206. The number of hydrogen-bond donors (Lipinski definition) is 1. The van der Waals surface area contributed by atoms with Crippen molar-refractivity contribution in [3.05, 3.63) is 0 Å². The predicted octanol–water partition coefficient (Wildman–Crippen LogP) is 0.00128. The molecule has 0 bridgehead atoms. The Hall–Kier alpha value is -1.59. The third kappa shape index (κ3) is 4.35. The van der Waals surface area contributed by atoms with E-state index in [9.17, 15) is 9.59 Å². The van der Waals surface area contributed by atoms with Crippen LogP contribution in [0.1, 0.15) is 6.42 Å².